The molecule has 7 nitrogen and oxygen atoms in total. The molecule has 0 bridgehead atoms. The Labute approximate surface area is 129 Å². The number of nitrogens with one attached hydrogen (secondary N) is 2. The molecule has 1 atom stereocenters. The molecule has 3 rings (SSSR count). The van der Waals surface area contributed by atoms with Gasteiger partial charge in [-0.1, -0.05) is 0 Å². The van der Waals surface area contributed by atoms with Crippen LogP contribution in [-0.4, -0.2) is 57.5 Å². The van der Waals surface area contributed by atoms with Crippen LogP contribution in [0.5, 0.6) is 0 Å². The van der Waals surface area contributed by atoms with Crippen LogP contribution >= 0.6 is 0 Å². The molecule has 22 heavy (non-hydrogen) atoms. The van der Waals surface area contributed by atoms with Crippen molar-refractivity contribution in [2.24, 2.45) is 0 Å². The summed E-state index contributed by atoms with van der Waals surface area (Å²) in [4.78, 5) is 28.1. The van der Waals surface area contributed by atoms with E-state index in [-0.39, 0.29) is 12.1 Å². The lowest BCUT2D eigenvalue weighted by Crippen LogP contribution is -2.50. The lowest BCUT2D eigenvalue weighted by atomic mass is 10.1. The van der Waals surface area contributed by atoms with Crippen molar-refractivity contribution in [1.29, 1.82) is 0 Å². The second kappa shape index (κ2) is 6.15. The van der Waals surface area contributed by atoms with Gasteiger partial charge in [0.15, 0.2) is 0 Å². The van der Waals surface area contributed by atoms with Crippen LogP contribution < -0.4 is 5.32 Å². The van der Waals surface area contributed by atoms with E-state index in [1.165, 1.54) is 0 Å². The van der Waals surface area contributed by atoms with Gasteiger partial charge in [-0.25, -0.2) is 9.78 Å². The number of nitrogens with zero attached hydrogens (tertiary/aromatic N) is 4. The van der Waals surface area contributed by atoms with Gasteiger partial charge in [0.1, 0.15) is 5.82 Å². The maximum absolute atomic E-state index is 12.4. The number of carbonyl (C=O) groups excluding carboxylic acids is 1. The number of pyridine rings is 1. The van der Waals surface area contributed by atoms with Crippen molar-refractivity contribution in [3.05, 3.63) is 42.2 Å². The fourth-order valence-corrected chi connectivity index (χ4v) is 2.56. The van der Waals surface area contributed by atoms with Crippen molar-refractivity contribution in [3.63, 3.8) is 0 Å². The fraction of sp³-hybridized carbons (Fsp3) is 0.400. The number of anilines is 1. The summed E-state index contributed by atoms with van der Waals surface area (Å²) in [7, 11) is 2.05. The Morgan fingerprint density at radius 3 is 2.91 bits per heavy atom. The average Bonchev–Trinajstić information content (AvgIpc) is 3.04. The van der Waals surface area contributed by atoms with Crippen LogP contribution in [-0.2, 0) is 0 Å². The largest absolute Gasteiger partial charge is 0.347 e. The standard InChI is InChI=1S/C15H20N6O/c1-11-3-4-12(9-18-11)19-15(22)21-8-7-20(2)13(10-21)14-16-5-6-17-14/h3-6,9,13H,7-8,10H2,1-2H3,(H,16,17)(H,19,22)/t13-/m0/s1. The smallest absolute Gasteiger partial charge is 0.321 e. The van der Waals surface area contributed by atoms with Crippen molar-refractivity contribution in [1.82, 2.24) is 24.8 Å². The molecular formula is C15H20N6O. The van der Waals surface area contributed by atoms with Gasteiger partial charge in [-0.15, -0.1) is 0 Å². The van der Waals surface area contributed by atoms with E-state index in [0.29, 0.717) is 18.8 Å². The van der Waals surface area contributed by atoms with Gasteiger partial charge in [0.05, 0.1) is 17.9 Å². The fourth-order valence-electron chi connectivity index (χ4n) is 2.56. The second-order valence-electron chi connectivity index (χ2n) is 5.54. The topological polar surface area (TPSA) is 77.2 Å². The molecule has 2 N–H and O–H groups in total. The van der Waals surface area contributed by atoms with Crippen molar-refractivity contribution in [2.45, 2.75) is 13.0 Å². The van der Waals surface area contributed by atoms with E-state index in [9.17, 15) is 4.79 Å². The minimum Gasteiger partial charge on any atom is -0.347 e. The molecule has 1 aliphatic rings. The third-order valence-corrected chi connectivity index (χ3v) is 3.93. The number of carbonyl (C=O) groups is 1. The SMILES string of the molecule is Cc1ccc(NC(=O)N2CCN(C)[C@H](c3ncc[nH]3)C2)cn1. The Morgan fingerprint density at radius 2 is 2.23 bits per heavy atom. The van der Waals surface area contributed by atoms with Gasteiger partial charge in [0.2, 0.25) is 0 Å². The number of H-pyrrole nitrogens is 1. The minimum absolute atomic E-state index is 0.0886. The third-order valence-electron chi connectivity index (χ3n) is 3.93. The molecule has 0 spiro atoms. The number of hydrogen-bond donors (Lipinski definition) is 2. The molecule has 116 valence electrons. The first-order valence-electron chi connectivity index (χ1n) is 7.31. The van der Waals surface area contributed by atoms with E-state index in [1.54, 1.807) is 18.6 Å². The molecule has 0 saturated carbocycles. The second-order valence-corrected chi connectivity index (χ2v) is 5.54. The Bertz CT molecular complexity index is 624. The number of piperazine rings is 1. The highest BCUT2D eigenvalue weighted by atomic mass is 16.2. The molecule has 0 radical (unpaired) electrons. The van der Waals surface area contributed by atoms with E-state index in [2.05, 4.69) is 25.2 Å². The van der Waals surface area contributed by atoms with E-state index < -0.39 is 0 Å². The van der Waals surface area contributed by atoms with Gasteiger partial charge in [0, 0.05) is 37.7 Å². The van der Waals surface area contributed by atoms with Crippen molar-refractivity contribution in [2.75, 3.05) is 32.0 Å². The summed E-state index contributed by atoms with van der Waals surface area (Å²) in [5.41, 5.74) is 1.64. The maximum Gasteiger partial charge on any atom is 0.321 e. The summed E-state index contributed by atoms with van der Waals surface area (Å²) in [6.45, 7) is 4.03. The lowest BCUT2D eigenvalue weighted by molar-refractivity contribution is 0.112. The van der Waals surface area contributed by atoms with Crippen LogP contribution in [0, 0.1) is 6.92 Å². The number of rotatable bonds is 2. The predicted molar refractivity (Wildman–Crippen MR) is 83.5 cm³/mol. The molecule has 0 aliphatic carbocycles. The van der Waals surface area contributed by atoms with Gasteiger partial charge < -0.3 is 15.2 Å². The van der Waals surface area contributed by atoms with Gasteiger partial charge >= 0.3 is 6.03 Å². The van der Waals surface area contributed by atoms with E-state index in [4.69, 9.17) is 0 Å². The number of imidazole rings is 1. The highest BCUT2D eigenvalue weighted by molar-refractivity contribution is 5.89. The molecule has 1 fully saturated rings. The highest BCUT2D eigenvalue weighted by Gasteiger charge is 2.29. The Hall–Kier alpha value is -2.41. The number of hydrogen-bond acceptors (Lipinski definition) is 4. The molecule has 2 aromatic heterocycles. The number of aryl methyl sites for hydroxylation is 1. The molecule has 0 unspecified atom stereocenters. The molecule has 7 heteroatoms. The number of likely N-dealkylation sites (N-methyl/N-ethyl adjacent to an activating group) is 1. The van der Waals surface area contributed by atoms with E-state index >= 15 is 0 Å². The normalized spacial score (nSPS) is 19.2. The van der Waals surface area contributed by atoms with Crippen LogP contribution in [0.1, 0.15) is 17.6 Å². The molecular weight excluding hydrogens is 280 g/mol. The van der Waals surface area contributed by atoms with Crippen molar-refractivity contribution in [3.8, 4) is 0 Å². The number of urea groups is 1. The summed E-state index contributed by atoms with van der Waals surface area (Å²) in [6, 6.07) is 3.73. The van der Waals surface area contributed by atoms with Crippen LogP contribution in [0.25, 0.3) is 0 Å². The molecule has 3 heterocycles. The molecule has 1 saturated heterocycles. The maximum atomic E-state index is 12.4. The molecule has 2 aromatic rings. The zero-order valence-corrected chi connectivity index (χ0v) is 12.8. The molecule has 1 aliphatic heterocycles. The predicted octanol–water partition coefficient (Wildman–Crippen LogP) is 1.63. The summed E-state index contributed by atoms with van der Waals surface area (Å²) < 4.78 is 0. The van der Waals surface area contributed by atoms with Crippen molar-refractivity contribution < 1.29 is 4.79 Å². The number of aromatic nitrogens is 3. The first-order valence-corrected chi connectivity index (χ1v) is 7.31. The van der Waals surface area contributed by atoms with Gasteiger partial charge in [-0.05, 0) is 26.1 Å². The van der Waals surface area contributed by atoms with Crippen LogP contribution in [0.2, 0.25) is 0 Å². The lowest BCUT2D eigenvalue weighted by Gasteiger charge is -2.38. The van der Waals surface area contributed by atoms with Gasteiger partial charge in [0.25, 0.3) is 0 Å². The summed E-state index contributed by atoms with van der Waals surface area (Å²) in [5.74, 6) is 0.886. The molecule has 0 aromatic carbocycles. The number of aromatic amines is 1. The highest BCUT2D eigenvalue weighted by Crippen LogP contribution is 2.21. The first-order chi connectivity index (χ1) is 10.6. The Balaban J connectivity index is 1.66. The van der Waals surface area contributed by atoms with Crippen LogP contribution in [0.4, 0.5) is 10.5 Å². The minimum atomic E-state index is -0.102. The van der Waals surface area contributed by atoms with Crippen molar-refractivity contribution >= 4 is 11.7 Å². The van der Waals surface area contributed by atoms with Crippen LogP contribution in [0.15, 0.2) is 30.7 Å². The van der Waals surface area contributed by atoms with E-state index in [0.717, 1.165) is 18.1 Å². The molecule has 2 amide bonds. The zero-order valence-electron chi connectivity index (χ0n) is 12.8. The number of amides is 2. The van der Waals surface area contributed by atoms with Gasteiger partial charge in [-0.3, -0.25) is 9.88 Å². The Kier molecular flexibility index (Phi) is 4.06. The summed E-state index contributed by atoms with van der Waals surface area (Å²) in [6.07, 6.45) is 5.22. The monoisotopic (exact) mass is 300 g/mol. The quantitative estimate of drug-likeness (QED) is 0.884. The first kappa shape index (κ1) is 14.5. The van der Waals surface area contributed by atoms with Crippen LogP contribution in [0.3, 0.4) is 0 Å². The summed E-state index contributed by atoms with van der Waals surface area (Å²) in [5, 5.41) is 2.89. The summed E-state index contributed by atoms with van der Waals surface area (Å²) >= 11 is 0. The van der Waals surface area contributed by atoms with E-state index in [1.807, 2.05) is 31.0 Å². The van der Waals surface area contributed by atoms with Gasteiger partial charge in [-0.2, -0.15) is 0 Å². The Morgan fingerprint density at radius 1 is 1.36 bits per heavy atom. The average molecular weight is 300 g/mol. The third kappa shape index (κ3) is 3.09. The zero-order chi connectivity index (χ0) is 15.5.